The molecule has 0 nitrogen and oxygen atoms in total. The predicted molar refractivity (Wildman–Crippen MR) is 70.8 cm³/mol. The Labute approximate surface area is 104 Å². The van der Waals surface area contributed by atoms with E-state index in [9.17, 15) is 0 Å². The summed E-state index contributed by atoms with van der Waals surface area (Å²) in [5.41, 5.74) is 0. The number of hydrogen-bond donors (Lipinski definition) is 0. The summed E-state index contributed by atoms with van der Waals surface area (Å²) in [7, 11) is 0. The summed E-state index contributed by atoms with van der Waals surface area (Å²) in [5.74, 6) is 0. The molecule has 0 N–H and O–H groups in total. The average molecular weight is 326 g/mol. The van der Waals surface area contributed by atoms with Crippen molar-refractivity contribution in [3.63, 3.8) is 0 Å². The van der Waals surface area contributed by atoms with Crippen molar-refractivity contribution < 1.29 is 0 Å². The second-order valence-electron chi connectivity index (χ2n) is 7.12. The first-order valence-electron chi connectivity index (χ1n) is 5.25. The molecule has 0 unspecified atom stereocenters. The molecule has 0 aliphatic rings. The van der Waals surface area contributed by atoms with E-state index in [1.165, 1.54) is 0 Å². The summed E-state index contributed by atoms with van der Waals surface area (Å²) < 4.78 is 1.75. The van der Waals surface area contributed by atoms with Gasteiger partial charge >= 0.3 is 92.4 Å². The Bertz CT molecular complexity index is 133. The molecule has 0 aromatic heterocycles. The van der Waals surface area contributed by atoms with E-state index in [0.29, 0.717) is 10.3 Å². The van der Waals surface area contributed by atoms with Gasteiger partial charge in [0.15, 0.2) is 0 Å². The Kier molecular flexibility index (Phi) is 6.18. The van der Waals surface area contributed by atoms with Gasteiger partial charge in [0.1, 0.15) is 0 Å². The summed E-state index contributed by atoms with van der Waals surface area (Å²) in [5, 5.41) is 0. The van der Waals surface area contributed by atoms with E-state index in [0.717, 1.165) is 0 Å². The van der Waals surface area contributed by atoms with E-state index < -0.39 is 19.8 Å². The van der Waals surface area contributed by atoms with Gasteiger partial charge in [-0.05, 0) is 0 Å². The van der Waals surface area contributed by atoms with Gasteiger partial charge in [0.05, 0.1) is 0 Å². The summed E-state index contributed by atoms with van der Waals surface area (Å²) in [4.78, 5) is 0. The molecule has 0 saturated heterocycles. The minimum absolute atomic E-state index is 0. The second-order valence-corrected chi connectivity index (χ2v) is 22.1. The van der Waals surface area contributed by atoms with Crippen LogP contribution in [0.1, 0.15) is 62.3 Å². The van der Waals surface area contributed by atoms with Crippen LogP contribution in [0.5, 0.6) is 0 Å². The first kappa shape index (κ1) is 17.5. The fraction of sp³-hybridized carbons (Fsp3) is 1.00. The average Bonchev–Trinajstić information content (AvgIpc) is 1.44. The monoisotopic (exact) mass is 326 g/mol. The van der Waals surface area contributed by atoms with Gasteiger partial charge in [-0.1, -0.05) is 0 Å². The largest absolute Gasteiger partial charge is 0 e. The third-order valence-electron chi connectivity index (χ3n) is 2.25. The van der Waals surface area contributed by atoms with Crippen molar-refractivity contribution in [3.05, 3.63) is 0 Å². The van der Waals surface area contributed by atoms with Crippen LogP contribution >= 0.6 is 12.4 Å². The molecule has 0 heterocycles. The van der Waals surface area contributed by atoms with E-state index in [4.69, 9.17) is 0 Å². The van der Waals surface area contributed by atoms with Crippen molar-refractivity contribution in [2.24, 2.45) is 0 Å². The molecule has 86 valence electrons. The minimum atomic E-state index is -1.43. The van der Waals surface area contributed by atoms with Crippen LogP contribution in [0, 0.1) is 0 Å². The van der Waals surface area contributed by atoms with Crippen LogP contribution in [0.3, 0.4) is 0 Å². The molecule has 14 heavy (non-hydrogen) atoms. The third kappa shape index (κ3) is 5.25. The summed E-state index contributed by atoms with van der Waals surface area (Å²) in [6.45, 7) is 22.0. The maximum Gasteiger partial charge on any atom is 0 e. The van der Waals surface area contributed by atoms with Gasteiger partial charge in [0.25, 0.3) is 0 Å². The maximum absolute atomic E-state index is 2.44. The summed E-state index contributed by atoms with van der Waals surface area (Å²) in [6, 6.07) is 0. The van der Waals surface area contributed by atoms with Gasteiger partial charge in [-0.2, -0.15) is 0 Å². The molecule has 0 aliphatic carbocycles. The van der Waals surface area contributed by atoms with Crippen LogP contribution in [0.4, 0.5) is 0 Å². The molecule has 0 saturated carbocycles. The van der Waals surface area contributed by atoms with Crippen LogP contribution in [-0.2, 0) is 0 Å². The summed E-state index contributed by atoms with van der Waals surface area (Å²) in [6.07, 6.45) is 0. The topological polar surface area (TPSA) is 0 Å². The Morgan fingerprint density at radius 2 is 0.643 bits per heavy atom. The van der Waals surface area contributed by atoms with Crippen molar-refractivity contribution in [2.45, 2.75) is 72.6 Å². The summed E-state index contributed by atoms with van der Waals surface area (Å²) >= 11 is -1.43. The molecule has 2 radical (unpaired) electrons. The Morgan fingerprint density at radius 3 is 0.643 bits per heavy atom. The zero-order chi connectivity index (χ0) is 11.1. The molecule has 0 atom stereocenters. The molecule has 0 aliphatic heterocycles. The molecular weight excluding hydrogens is 298 g/mol. The molecule has 0 aromatic rings. The first-order chi connectivity index (χ1) is 5.37. The van der Waals surface area contributed by atoms with E-state index >= 15 is 0 Å². The van der Waals surface area contributed by atoms with Gasteiger partial charge in [-0.25, -0.2) is 0 Å². The normalized spacial score (nSPS) is 14.1. The Hall–Kier alpha value is 1.09. The van der Waals surface area contributed by atoms with Crippen molar-refractivity contribution in [1.29, 1.82) is 0 Å². The SMILES string of the molecule is C[C](C)(C)[Sn]([C](C)(C)C)[C](C)(C)C.[Cl]. The quantitative estimate of drug-likeness (QED) is 0.511. The molecule has 0 bridgehead atoms. The van der Waals surface area contributed by atoms with Crippen molar-refractivity contribution in [2.75, 3.05) is 0 Å². The zero-order valence-electron chi connectivity index (χ0n) is 11.4. The van der Waals surface area contributed by atoms with Gasteiger partial charge in [-0.15, -0.1) is 0 Å². The van der Waals surface area contributed by atoms with Gasteiger partial charge in [0, 0.05) is 12.4 Å². The number of rotatable bonds is 0. The predicted octanol–water partition coefficient (Wildman–Crippen LogP) is 5.57. The second kappa shape index (κ2) is 4.95. The van der Waals surface area contributed by atoms with Crippen molar-refractivity contribution in [3.8, 4) is 0 Å². The molecule has 0 rings (SSSR count). The molecule has 0 amide bonds. The zero-order valence-corrected chi connectivity index (χ0v) is 15.0. The van der Waals surface area contributed by atoms with E-state index in [2.05, 4.69) is 62.3 Å². The molecular formula is C12H27ClSn. The van der Waals surface area contributed by atoms with Crippen molar-refractivity contribution >= 4 is 32.2 Å². The van der Waals surface area contributed by atoms with Crippen molar-refractivity contribution in [1.82, 2.24) is 0 Å². The fourth-order valence-electron chi connectivity index (χ4n) is 3.38. The van der Waals surface area contributed by atoms with Crippen LogP contribution in [0.2, 0.25) is 10.3 Å². The fourth-order valence-corrected chi connectivity index (χ4v) is 22.6. The van der Waals surface area contributed by atoms with Gasteiger partial charge < -0.3 is 0 Å². The van der Waals surface area contributed by atoms with Crippen LogP contribution in [0.25, 0.3) is 0 Å². The van der Waals surface area contributed by atoms with Gasteiger partial charge in [-0.3, -0.25) is 0 Å². The van der Waals surface area contributed by atoms with Crippen LogP contribution < -0.4 is 0 Å². The van der Waals surface area contributed by atoms with Gasteiger partial charge in [0.2, 0.25) is 0 Å². The number of hydrogen-bond acceptors (Lipinski definition) is 0. The third-order valence-corrected chi connectivity index (χ3v) is 15.1. The van der Waals surface area contributed by atoms with E-state index in [1.807, 2.05) is 0 Å². The molecule has 0 fully saturated rings. The van der Waals surface area contributed by atoms with Crippen LogP contribution in [-0.4, -0.2) is 19.8 Å². The minimum Gasteiger partial charge on any atom is 0 e. The smallest absolute Gasteiger partial charge is 0 e. The van der Waals surface area contributed by atoms with Crippen LogP contribution in [0.15, 0.2) is 0 Å². The molecule has 2 heteroatoms. The Balaban J connectivity index is 0. The number of halogens is 1. The van der Waals surface area contributed by atoms with E-state index in [-0.39, 0.29) is 12.4 Å². The first-order valence-corrected chi connectivity index (χ1v) is 9.53. The molecule has 0 spiro atoms. The maximum atomic E-state index is 2.44. The Morgan fingerprint density at radius 1 is 0.500 bits per heavy atom. The molecule has 0 aromatic carbocycles. The standard InChI is InChI=1S/3C4H9.Cl.Sn/c3*1-4(2)3;;/h3*1-3H3;;. The van der Waals surface area contributed by atoms with E-state index in [1.54, 1.807) is 0 Å².